The van der Waals surface area contributed by atoms with Gasteiger partial charge in [0.05, 0.1) is 27.2 Å². The van der Waals surface area contributed by atoms with Gasteiger partial charge in [-0.2, -0.15) is 0 Å². The number of hydrogen-bond acceptors (Lipinski definition) is 4. The van der Waals surface area contributed by atoms with Crippen molar-refractivity contribution in [3.05, 3.63) is 76.3 Å². The third-order valence-corrected chi connectivity index (χ3v) is 5.23. The highest BCUT2D eigenvalue weighted by Crippen LogP contribution is 2.25. The van der Waals surface area contributed by atoms with Gasteiger partial charge >= 0.3 is 0 Å². The molecule has 0 unspecified atom stereocenters. The van der Waals surface area contributed by atoms with Gasteiger partial charge in [-0.25, -0.2) is 9.97 Å². The van der Waals surface area contributed by atoms with Crippen molar-refractivity contribution in [3.8, 4) is 0 Å². The molecule has 0 amide bonds. The van der Waals surface area contributed by atoms with Gasteiger partial charge in [-0.05, 0) is 36.8 Å². The van der Waals surface area contributed by atoms with Gasteiger partial charge in [0, 0.05) is 12.4 Å². The van der Waals surface area contributed by atoms with Crippen molar-refractivity contribution < 1.29 is 0 Å². The summed E-state index contributed by atoms with van der Waals surface area (Å²) in [5.41, 5.74) is 2.92. The van der Waals surface area contributed by atoms with Gasteiger partial charge in [0.15, 0.2) is 0 Å². The number of aryl methyl sites for hydroxylation is 1. The second kappa shape index (κ2) is 6.33. The summed E-state index contributed by atoms with van der Waals surface area (Å²) in [6.45, 7) is 2.10. The summed E-state index contributed by atoms with van der Waals surface area (Å²) in [5, 5.41) is 2.76. The molecule has 0 spiro atoms. The Morgan fingerprint density at radius 3 is 2.36 bits per heavy atom. The molecular formula is C20H17N3OS. The van der Waals surface area contributed by atoms with Crippen molar-refractivity contribution in [1.29, 1.82) is 0 Å². The zero-order valence-electron chi connectivity index (χ0n) is 14.1. The highest BCUT2D eigenvalue weighted by atomic mass is 32.2. The molecule has 2 aromatic carbocycles. The molecule has 0 aliphatic heterocycles. The number of fused-ring (bicyclic) bond motifs is 2. The van der Waals surface area contributed by atoms with E-state index in [0.29, 0.717) is 11.1 Å². The minimum atomic E-state index is -0.0103. The zero-order valence-corrected chi connectivity index (χ0v) is 14.9. The summed E-state index contributed by atoms with van der Waals surface area (Å²) >= 11 is 1.60. The number of benzene rings is 2. The van der Waals surface area contributed by atoms with Crippen LogP contribution in [0.2, 0.25) is 0 Å². The maximum atomic E-state index is 12.5. The van der Waals surface area contributed by atoms with Crippen LogP contribution in [0.15, 0.2) is 64.4 Å². The van der Waals surface area contributed by atoms with E-state index < -0.39 is 0 Å². The second-order valence-corrected chi connectivity index (χ2v) is 6.99. The molecule has 0 aliphatic rings. The van der Waals surface area contributed by atoms with Crippen LogP contribution in [0.4, 0.5) is 0 Å². The lowest BCUT2D eigenvalue weighted by Crippen LogP contribution is -2.21. The summed E-state index contributed by atoms with van der Waals surface area (Å²) in [4.78, 5) is 21.9. The highest BCUT2D eigenvalue weighted by Gasteiger charge is 2.09. The summed E-state index contributed by atoms with van der Waals surface area (Å²) in [6.07, 6.45) is 0. The van der Waals surface area contributed by atoms with Crippen molar-refractivity contribution in [3.63, 3.8) is 0 Å². The molecule has 4 aromatic rings. The van der Waals surface area contributed by atoms with Crippen molar-refractivity contribution in [2.45, 2.75) is 17.7 Å². The maximum Gasteiger partial charge on any atom is 0.261 e. The van der Waals surface area contributed by atoms with Crippen molar-refractivity contribution in [2.75, 3.05) is 0 Å². The molecule has 2 aromatic heterocycles. The van der Waals surface area contributed by atoms with Crippen LogP contribution in [0.5, 0.6) is 0 Å². The second-order valence-electron chi connectivity index (χ2n) is 5.99. The Morgan fingerprint density at radius 2 is 1.60 bits per heavy atom. The van der Waals surface area contributed by atoms with E-state index in [1.54, 1.807) is 23.4 Å². The third-order valence-electron chi connectivity index (χ3n) is 4.32. The molecule has 25 heavy (non-hydrogen) atoms. The average Bonchev–Trinajstić information content (AvgIpc) is 2.63. The first-order chi connectivity index (χ1) is 12.1. The Balaban J connectivity index is 1.69. The Hall–Kier alpha value is -2.66. The van der Waals surface area contributed by atoms with Crippen LogP contribution in [0.25, 0.3) is 21.8 Å². The molecule has 0 saturated carbocycles. The number of aromatic nitrogens is 3. The Bertz CT molecular complexity index is 1150. The molecule has 0 fully saturated rings. The molecule has 4 nitrogen and oxygen atoms in total. The maximum absolute atomic E-state index is 12.5. The van der Waals surface area contributed by atoms with Crippen LogP contribution in [0.3, 0.4) is 0 Å². The number of rotatable bonds is 3. The van der Waals surface area contributed by atoms with E-state index in [2.05, 4.69) is 24.0 Å². The van der Waals surface area contributed by atoms with Gasteiger partial charge in [0.2, 0.25) is 0 Å². The molecule has 0 atom stereocenters. The topological polar surface area (TPSA) is 47.8 Å². The standard InChI is InChI=1S/C20H17N3OS/c1-13-11-19(22-16-9-5-3-7-14(13)16)25-12-18-21-17-10-6-4-8-15(17)20(24)23(18)2/h3-11H,12H2,1-2H3. The van der Waals surface area contributed by atoms with Crippen LogP contribution in [-0.4, -0.2) is 14.5 Å². The van der Waals surface area contributed by atoms with Crippen LogP contribution in [0, 0.1) is 6.92 Å². The van der Waals surface area contributed by atoms with Gasteiger partial charge in [-0.3, -0.25) is 9.36 Å². The van der Waals surface area contributed by atoms with Gasteiger partial charge in [0.1, 0.15) is 5.82 Å². The highest BCUT2D eigenvalue weighted by molar-refractivity contribution is 7.98. The average molecular weight is 347 g/mol. The van der Waals surface area contributed by atoms with E-state index in [4.69, 9.17) is 4.98 Å². The molecule has 5 heteroatoms. The first-order valence-corrected chi connectivity index (χ1v) is 9.06. The Kier molecular flexibility index (Phi) is 4.01. The molecule has 124 valence electrons. The van der Waals surface area contributed by atoms with Crippen LogP contribution in [-0.2, 0) is 12.8 Å². The fourth-order valence-corrected chi connectivity index (χ4v) is 3.88. The smallest absolute Gasteiger partial charge is 0.261 e. The summed E-state index contributed by atoms with van der Waals surface area (Å²) in [5.74, 6) is 1.35. The predicted molar refractivity (Wildman–Crippen MR) is 103 cm³/mol. The largest absolute Gasteiger partial charge is 0.299 e. The fraction of sp³-hybridized carbons (Fsp3) is 0.150. The minimum absolute atomic E-state index is 0.0103. The summed E-state index contributed by atoms with van der Waals surface area (Å²) in [6, 6.07) is 17.7. The van der Waals surface area contributed by atoms with Crippen LogP contribution >= 0.6 is 11.8 Å². The number of para-hydroxylation sites is 2. The molecule has 0 radical (unpaired) electrons. The van der Waals surface area contributed by atoms with Crippen molar-refractivity contribution >= 4 is 33.6 Å². The quantitative estimate of drug-likeness (QED) is 0.524. The Labute approximate surface area is 149 Å². The van der Waals surface area contributed by atoms with Crippen molar-refractivity contribution in [1.82, 2.24) is 14.5 Å². The van der Waals surface area contributed by atoms with Gasteiger partial charge in [-0.15, -0.1) is 0 Å². The number of nitrogens with zero attached hydrogens (tertiary/aromatic N) is 3. The SMILES string of the molecule is Cc1cc(SCc2nc3ccccc3c(=O)n2C)nc2ccccc12. The molecule has 0 bridgehead atoms. The Morgan fingerprint density at radius 1 is 0.960 bits per heavy atom. The number of pyridine rings is 1. The predicted octanol–water partition coefficient (Wildman–Crippen LogP) is 4.08. The van der Waals surface area contributed by atoms with Crippen molar-refractivity contribution in [2.24, 2.45) is 7.05 Å². The number of thioether (sulfide) groups is 1. The van der Waals surface area contributed by atoms with E-state index in [-0.39, 0.29) is 5.56 Å². The molecule has 2 heterocycles. The first-order valence-electron chi connectivity index (χ1n) is 8.07. The molecule has 0 N–H and O–H groups in total. The van der Waals surface area contributed by atoms with E-state index >= 15 is 0 Å². The van der Waals surface area contributed by atoms with Crippen LogP contribution in [0.1, 0.15) is 11.4 Å². The normalized spacial score (nSPS) is 11.3. The monoisotopic (exact) mass is 347 g/mol. The van der Waals surface area contributed by atoms with Gasteiger partial charge in [0.25, 0.3) is 5.56 Å². The lowest BCUT2D eigenvalue weighted by atomic mass is 10.1. The van der Waals surface area contributed by atoms with E-state index in [0.717, 1.165) is 21.9 Å². The first kappa shape index (κ1) is 15.8. The molecule has 0 saturated heterocycles. The zero-order chi connectivity index (χ0) is 17.4. The van der Waals surface area contributed by atoms with Gasteiger partial charge < -0.3 is 0 Å². The van der Waals surface area contributed by atoms with E-state index in [1.165, 1.54) is 10.9 Å². The minimum Gasteiger partial charge on any atom is -0.299 e. The van der Waals surface area contributed by atoms with Gasteiger partial charge in [-0.1, -0.05) is 42.1 Å². The molecule has 0 aliphatic carbocycles. The molecule has 4 rings (SSSR count). The third kappa shape index (κ3) is 2.91. The van der Waals surface area contributed by atoms with E-state index in [9.17, 15) is 4.79 Å². The van der Waals surface area contributed by atoms with Crippen LogP contribution < -0.4 is 5.56 Å². The number of hydrogen-bond donors (Lipinski definition) is 0. The molecular weight excluding hydrogens is 330 g/mol. The lowest BCUT2D eigenvalue weighted by Gasteiger charge is -2.10. The fourth-order valence-electron chi connectivity index (χ4n) is 2.92. The summed E-state index contributed by atoms with van der Waals surface area (Å²) in [7, 11) is 1.77. The van der Waals surface area contributed by atoms with E-state index in [1.807, 2.05) is 42.5 Å². The lowest BCUT2D eigenvalue weighted by molar-refractivity contribution is 0.785. The summed E-state index contributed by atoms with van der Waals surface area (Å²) < 4.78 is 1.63.